The highest BCUT2D eigenvalue weighted by Crippen LogP contribution is 2.31. The standard InChI is InChI=1S/C25H23FN4O4/c1-2-24(31)29-17-10-11-30(15-17)23-13-22(21(14-28-23)25(27)32)34-19-8-6-18(7-9-19)33-20-5-3-4-16(26)12-20/h2-9,12-14,17H,1,10-11,15H2,(H2,27,32)(H,29,31)/t17-/m0/s1. The van der Waals surface area contributed by atoms with E-state index in [4.69, 9.17) is 15.2 Å². The second kappa shape index (κ2) is 10.0. The lowest BCUT2D eigenvalue weighted by molar-refractivity contribution is -0.117. The molecule has 8 nitrogen and oxygen atoms in total. The van der Waals surface area contributed by atoms with Gasteiger partial charge in [0, 0.05) is 37.5 Å². The molecule has 3 aromatic rings. The summed E-state index contributed by atoms with van der Waals surface area (Å²) in [5, 5.41) is 2.87. The molecule has 174 valence electrons. The number of anilines is 1. The van der Waals surface area contributed by atoms with E-state index >= 15 is 0 Å². The Labute approximate surface area is 195 Å². The fraction of sp³-hybridized carbons (Fsp3) is 0.160. The maximum absolute atomic E-state index is 13.3. The first-order valence-corrected chi connectivity index (χ1v) is 10.6. The van der Waals surface area contributed by atoms with Crippen LogP contribution in [0.4, 0.5) is 10.2 Å². The lowest BCUT2D eigenvalue weighted by atomic mass is 10.2. The van der Waals surface area contributed by atoms with Gasteiger partial charge in [0.2, 0.25) is 5.91 Å². The molecule has 4 rings (SSSR count). The Bertz CT molecular complexity index is 1220. The van der Waals surface area contributed by atoms with E-state index in [-0.39, 0.29) is 23.3 Å². The summed E-state index contributed by atoms with van der Waals surface area (Å²) in [6.45, 7) is 4.71. The van der Waals surface area contributed by atoms with Crippen molar-refractivity contribution in [2.24, 2.45) is 5.73 Å². The third kappa shape index (κ3) is 5.50. The van der Waals surface area contributed by atoms with Gasteiger partial charge in [-0.25, -0.2) is 9.37 Å². The Morgan fingerprint density at radius 3 is 2.53 bits per heavy atom. The molecule has 34 heavy (non-hydrogen) atoms. The summed E-state index contributed by atoms with van der Waals surface area (Å²) in [6, 6.07) is 14.1. The van der Waals surface area contributed by atoms with Crippen LogP contribution in [0.3, 0.4) is 0 Å². The van der Waals surface area contributed by atoms with Crippen molar-refractivity contribution in [3.63, 3.8) is 0 Å². The minimum atomic E-state index is -0.669. The van der Waals surface area contributed by atoms with Gasteiger partial charge in [-0.2, -0.15) is 0 Å². The third-order valence-electron chi connectivity index (χ3n) is 5.24. The predicted molar refractivity (Wildman–Crippen MR) is 125 cm³/mol. The van der Waals surface area contributed by atoms with Crippen LogP contribution in [0.5, 0.6) is 23.0 Å². The minimum absolute atomic E-state index is 0.0295. The molecular formula is C25H23FN4O4. The van der Waals surface area contributed by atoms with E-state index in [1.165, 1.54) is 24.4 Å². The monoisotopic (exact) mass is 462 g/mol. The molecule has 0 bridgehead atoms. The van der Waals surface area contributed by atoms with Crippen LogP contribution in [0, 0.1) is 5.82 Å². The van der Waals surface area contributed by atoms with Crippen molar-refractivity contribution < 1.29 is 23.5 Å². The normalized spacial score (nSPS) is 15.0. The topological polar surface area (TPSA) is 107 Å². The number of nitrogens with two attached hydrogens (primary N) is 1. The fourth-order valence-corrected chi connectivity index (χ4v) is 3.58. The molecule has 0 unspecified atom stereocenters. The summed E-state index contributed by atoms with van der Waals surface area (Å²) >= 11 is 0. The number of hydrogen-bond acceptors (Lipinski definition) is 6. The van der Waals surface area contributed by atoms with Crippen LogP contribution < -0.4 is 25.4 Å². The van der Waals surface area contributed by atoms with E-state index in [9.17, 15) is 14.0 Å². The van der Waals surface area contributed by atoms with Gasteiger partial charge in [-0.05, 0) is 48.9 Å². The lowest BCUT2D eigenvalue weighted by Crippen LogP contribution is -2.36. The first-order valence-electron chi connectivity index (χ1n) is 10.6. The molecule has 2 aromatic carbocycles. The number of halogens is 1. The van der Waals surface area contributed by atoms with Crippen molar-refractivity contribution in [3.05, 3.63) is 84.8 Å². The number of carbonyl (C=O) groups is 2. The van der Waals surface area contributed by atoms with Gasteiger partial charge in [0.15, 0.2) is 0 Å². The first kappa shape index (κ1) is 22.8. The van der Waals surface area contributed by atoms with E-state index in [1.807, 2.05) is 4.90 Å². The van der Waals surface area contributed by atoms with Crippen molar-refractivity contribution >= 4 is 17.6 Å². The Kier molecular flexibility index (Phi) is 6.72. The molecule has 1 saturated heterocycles. The van der Waals surface area contributed by atoms with Gasteiger partial charge in [0.25, 0.3) is 5.91 Å². The zero-order chi connectivity index (χ0) is 24.1. The lowest BCUT2D eigenvalue weighted by Gasteiger charge is -2.19. The molecule has 1 aliphatic heterocycles. The Morgan fingerprint density at radius 1 is 1.12 bits per heavy atom. The number of pyridine rings is 1. The van der Waals surface area contributed by atoms with Crippen molar-refractivity contribution in [1.82, 2.24) is 10.3 Å². The first-order chi connectivity index (χ1) is 16.4. The molecule has 0 saturated carbocycles. The van der Waals surface area contributed by atoms with Gasteiger partial charge >= 0.3 is 0 Å². The van der Waals surface area contributed by atoms with Gasteiger partial charge in [0.1, 0.15) is 40.2 Å². The largest absolute Gasteiger partial charge is 0.457 e. The molecule has 1 aromatic heterocycles. The minimum Gasteiger partial charge on any atom is -0.457 e. The second-order valence-electron chi connectivity index (χ2n) is 7.68. The second-order valence-corrected chi connectivity index (χ2v) is 7.68. The van der Waals surface area contributed by atoms with Crippen LogP contribution >= 0.6 is 0 Å². The zero-order valence-corrected chi connectivity index (χ0v) is 18.2. The molecule has 1 fully saturated rings. The molecule has 3 N–H and O–H groups in total. The molecule has 0 spiro atoms. The maximum Gasteiger partial charge on any atom is 0.254 e. The van der Waals surface area contributed by atoms with Crippen LogP contribution in [0.1, 0.15) is 16.8 Å². The predicted octanol–water partition coefficient (Wildman–Crippen LogP) is 3.79. The Morgan fingerprint density at radius 2 is 1.85 bits per heavy atom. The summed E-state index contributed by atoms with van der Waals surface area (Å²) in [4.78, 5) is 29.8. The highest BCUT2D eigenvalue weighted by Gasteiger charge is 2.25. The Hall–Kier alpha value is -4.40. The summed E-state index contributed by atoms with van der Waals surface area (Å²) in [5.41, 5.74) is 5.64. The number of primary amides is 1. The summed E-state index contributed by atoms with van der Waals surface area (Å²) in [7, 11) is 0. The number of hydrogen-bond donors (Lipinski definition) is 2. The number of nitrogens with zero attached hydrogens (tertiary/aromatic N) is 2. The number of ether oxygens (including phenoxy) is 2. The molecule has 9 heteroatoms. The maximum atomic E-state index is 13.3. The smallest absolute Gasteiger partial charge is 0.254 e. The van der Waals surface area contributed by atoms with E-state index < -0.39 is 11.7 Å². The number of nitrogens with one attached hydrogen (secondary N) is 1. The highest BCUT2D eigenvalue weighted by atomic mass is 19.1. The van der Waals surface area contributed by atoms with Gasteiger partial charge in [-0.15, -0.1) is 0 Å². The molecule has 1 atom stereocenters. The molecular weight excluding hydrogens is 439 g/mol. The van der Waals surface area contributed by atoms with Gasteiger partial charge < -0.3 is 25.4 Å². The Balaban J connectivity index is 1.49. The molecule has 2 amide bonds. The van der Waals surface area contributed by atoms with E-state index in [0.29, 0.717) is 36.2 Å². The number of carbonyl (C=O) groups excluding carboxylic acids is 2. The van der Waals surface area contributed by atoms with E-state index in [0.717, 1.165) is 6.42 Å². The number of benzene rings is 2. The van der Waals surface area contributed by atoms with Gasteiger partial charge in [-0.1, -0.05) is 12.6 Å². The number of aromatic nitrogens is 1. The number of rotatable bonds is 8. The fourth-order valence-electron chi connectivity index (χ4n) is 3.58. The molecule has 2 heterocycles. The van der Waals surface area contributed by atoms with Crippen molar-refractivity contribution in [3.8, 4) is 23.0 Å². The van der Waals surface area contributed by atoms with Gasteiger partial charge in [0.05, 0.1) is 0 Å². The average molecular weight is 462 g/mol. The quantitative estimate of drug-likeness (QED) is 0.494. The zero-order valence-electron chi connectivity index (χ0n) is 18.2. The van der Waals surface area contributed by atoms with Crippen LogP contribution in [0.2, 0.25) is 0 Å². The van der Waals surface area contributed by atoms with Crippen LogP contribution in [0.15, 0.2) is 73.4 Å². The van der Waals surface area contributed by atoms with E-state index in [2.05, 4.69) is 16.9 Å². The van der Waals surface area contributed by atoms with Crippen molar-refractivity contribution in [2.45, 2.75) is 12.5 Å². The van der Waals surface area contributed by atoms with Crippen molar-refractivity contribution in [2.75, 3.05) is 18.0 Å². The van der Waals surface area contributed by atoms with Crippen LogP contribution in [-0.2, 0) is 4.79 Å². The average Bonchev–Trinajstić information content (AvgIpc) is 3.28. The van der Waals surface area contributed by atoms with Crippen LogP contribution in [0.25, 0.3) is 0 Å². The number of amides is 2. The van der Waals surface area contributed by atoms with Crippen LogP contribution in [-0.4, -0.2) is 35.9 Å². The van der Waals surface area contributed by atoms with E-state index in [1.54, 1.807) is 42.5 Å². The summed E-state index contributed by atoms with van der Waals surface area (Å²) in [6.07, 6.45) is 3.37. The summed E-state index contributed by atoms with van der Waals surface area (Å²) in [5.74, 6) is 0.887. The highest BCUT2D eigenvalue weighted by molar-refractivity contribution is 5.95. The van der Waals surface area contributed by atoms with Gasteiger partial charge in [-0.3, -0.25) is 9.59 Å². The molecule has 0 aliphatic carbocycles. The molecule has 0 radical (unpaired) electrons. The summed E-state index contributed by atoms with van der Waals surface area (Å²) < 4.78 is 24.9. The SMILES string of the molecule is C=CC(=O)N[C@H]1CCN(c2cc(Oc3ccc(Oc4cccc(F)c4)cc3)c(C(N)=O)cn2)C1. The van der Waals surface area contributed by atoms with Crippen molar-refractivity contribution in [1.29, 1.82) is 0 Å². The third-order valence-corrected chi connectivity index (χ3v) is 5.24. The molecule has 1 aliphatic rings.